The van der Waals surface area contributed by atoms with Gasteiger partial charge in [0.05, 0.1) is 18.8 Å². The standard InChI is InChI=1S/C10H20O2/c1-6-7(2)9(4)12-10(5-11)8(6)3/h6-11H,5H2,1-4H3/t6-,7-,8-,9-,10-/m1/s1. The topological polar surface area (TPSA) is 29.5 Å². The van der Waals surface area contributed by atoms with E-state index in [2.05, 4.69) is 27.7 Å². The molecule has 1 rings (SSSR count). The lowest BCUT2D eigenvalue weighted by Gasteiger charge is -2.41. The highest BCUT2D eigenvalue weighted by Crippen LogP contribution is 2.34. The molecule has 2 heteroatoms. The highest BCUT2D eigenvalue weighted by Gasteiger charge is 2.36. The number of aliphatic hydroxyl groups excluding tert-OH is 1. The molecule has 1 fully saturated rings. The molecule has 1 aliphatic rings. The van der Waals surface area contributed by atoms with E-state index < -0.39 is 0 Å². The van der Waals surface area contributed by atoms with Crippen LogP contribution in [-0.4, -0.2) is 23.9 Å². The third kappa shape index (κ3) is 1.64. The smallest absolute Gasteiger partial charge is 0.0837 e. The van der Waals surface area contributed by atoms with Crippen molar-refractivity contribution in [2.45, 2.75) is 39.9 Å². The van der Waals surface area contributed by atoms with Crippen LogP contribution in [0.1, 0.15) is 27.7 Å². The van der Waals surface area contributed by atoms with E-state index in [1.54, 1.807) is 0 Å². The SMILES string of the molecule is C[C@@H]1[C@@H](C)[C@@H](C)O[C@H](CO)[C@@H]1C. The lowest BCUT2D eigenvalue weighted by atomic mass is 9.77. The number of ether oxygens (including phenoxy) is 1. The minimum atomic E-state index is 0.0474. The van der Waals surface area contributed by atoms with Gasteiger partial charge in [0.15, 0.2) is 0 Å². The summed E-state index contributed by atoms with van der Waals surface area (Å²) in [6.45, 7) is 8.88. The third-order valence-electron chi connectivity index (χ3n) is 3.55. The summed E-state index contributed by atoms with van der Waals surface area (Å²) >= 11 is 0. The van der Waals surface area contributed by atoms with Gasteiger partial charge in [-0.05, 0) is 24.7 Å². The van der Waals surface area contributed by atoms with Crippen LogP contribution in [0.3, 0.4) is 0 Å². The van der Waals surface area contributed by atoms with Crippen molar-refractivity contribution in [3.05, 3.63) is 0 Å². The summed E-state index contributed by atoms with van der Waals surface area (Å²) in [6, 6.07) is 0. The van der Waals surface area contributed by atoms with Gasteiger partial charge in [-0.3, -0.25) is 0 Å². The van der Waals surface area contributed by atoms with Crippen molar-refractivity contribution < 1.29 is 9.84 Å². The van der Waals surface area contributed by atoms with Crippen molar-refractivity contribution in [2.24, 2.45) is 17.8 Å². The first kappa shape index (κ1) is 10.0. The molecule has 12 heavy (non-hydrogen) atoms. The van der Waals surface area contributed by atoms with Crippen molar-refractivity contribution in [1.29, 1.82) is 0 Å². The molecule has 0 unspecified atom stereocenters. The van der Waals surface area contributed by atoms with Crippen molar-refractivity contribution in [3.8, 4) is 0 Å². The van der Waals surface area contributed by atoms with Gasteiger partial charge in [-0.1, -0.05) is 20.8 Å². The first-order valence-corrected chi connectivity index (χ1v) is 4.84. The third-order valence-corrected chi connectivity index (χ3v) is 3.55. The van der Waals surface area contributed by atoms with Gasteiger partial charge in [-0.15, -0.1) is 0 Å². The van der Waals surface area contributed by atoms with Gasteiger partial charge in [0.25, 0.3) is 0 Å². The van der Waals surface area contributed by atoms with Crippen LogP contribution < -0.4 is 0 Å². The second-order valence-electron chi connectivity index (χ2n) is 4.14. The lowest BCUT2D eigenvalue weighted by molar-refractivity contribution is -0.140. The Labute approximate surface area is 74.9 Å². The van der Waals surface area contributed by atoms with Gasteiger partial charge in [0.2, 0.25) is 0 Å². The fourth-order valence-electron chi connectivity index (χ4n) is 1.98. The normalized spacial score (nSPS) is 49.2. The predicted molar refractivity (Wildman–Crippen MR) is 48.9 cm³/mol. The molecular weight excluding hydrogens is 152 g/mol. The Morgan fingerprint density at radius 3 is 2.08 bits per heavy atom. The molecule has 0 spiro atoms. The summed E-state index contributed by atoms with van der Waals surface area (Å²) in [6.07, 6.45) is 0.333. The predicted octanol–water partition coefficient (Wildman–Crippen LogP) is 1.67. The molecule has 0 amide bonds. The van der Waals surface area contributed by atoms with E-state index in [0.29, 0.717) is 17.8 Å². The van der Waals surface area contributed by atoms with E-state index in [4.69, 9.17) is 9.84 Å². The zero-order chi connectivity index (χ0) is 9.30. The maximum atomic E-state index is 9.06. The molecule has 0 aromatic rings. The molecule has 1 heterocycles. The Morgan fingerprint density at radius 2 is 1.58 bits per heavy atom. The van der Waals surface area contributed by atoms with E-state index in [1.807, 2.05) is 0 Å². The molecule has 0 aromatic heterocycles. The molecule has 0 aromatic carbocycles. The summed E-state index contributed by atoms with van der Waals surface area (Å²) in [4.78, 5) is 0. The zero-order valence-electron chi connectivity index (χ0n) is 8.45. The number of rotatable bonds is 1. The zero-order valence-corrected chi connectivity index (χ0v) is 8.45. The highest BCUT2D eigenvalue weighted by molar-refractivity contribution is 4.83. The molecular formula is C10H20O2. The van der Waals surface area contributed by atoms with Gasteiger partial charge in [0, 0.05) is 0 Å². The minimum Gasteiger partial charge on any atom is -0.394 e. The van der Waals surface area contributed by atoms with Crippen LogP contribution in [0, 0.1) is 17.8 Å². The maximum Gasteiger partial charge on any atom is 0.0837 e. The summed E-state index contributed by atoms with van der Waals surface area (Å²) in [7, 11) is 0. The van der Waals surface area contributed by atoms with Crippen LogP contribution in [0.2, 0.25) is 0 Å². The van der Waals surface area contributed by atoms with Crippen molar-refractivity contribution in [1.82, 2.24) is 0 Å². The molecule has 1 saturated heterocycles. The average Bonchev–Trinajstić information content (AvgIpc) is 2.08. The minimum absolute atomic E-state index is 0.0474. The van der Waals surface area contributed by atoms with Crippen LogP contribution in [0.25, 0.3) is 0 Å². The molecule has 0 radical (unpaired) electrons. The lowest BCUT2D eigenvalue weighted by Crippen LogP contribution is -2.44. The second-order valence-corrected chi connectivity index (χ2v) is 4.14. The second kappa shape index (κ2) is 3.75. The number of aliphatic hydroxyl groups is 1. The molecule has 5 atom stereocenters. The Balaban J connectivity index is 2.63. The van der Waals surface area contributed by atoms with Crippen LogP contribution in [0.15, 0.2) is 0 Å². The van der Waals surface area contributed by atoms with Crippen molar-refractivity contribution in [2.75, 3.05) is 6.61 Å². The largest absolute Gasteiger partial charge is 0.394 e. The summed E-state index contributed by atoms with van der Waals surface area (Å²) < 4.78 is 5.68. The summed E-state index contributed by atoms with van der Waals surface area (Å²) in [5, 5.41) is 9.06. The molecule has 2 nitrogen and oxygen atoms in total. The first-order chi connectivity index (χ1) is 5.57. The maximum absolute atomic E-state index is 9.06. The molecule has 0 saturated carbocycles. The van der Waals surface area contributed by atoms with E-state index in [0.717, 1.165) is 0 Å². The van der Waals surface area contributed by atoms with Crippen LogP contribution in [0.4, 0.5) is 0 Å². The van der Waals surface area contributed by atoms with Crippen LogP contribution >= 0.6 is 0 Å². The molecule has 72 valence electrons. The van der Waals surface area contributed by atoms with Gasteiger partial charge < -0.3 is 9.84 Å². The first-order valence-electron chi connectivity index (χ1n) is 4.84. The van der Waals surface area contributed by atoms with E-state index >= 15 is 0 Å². The van der Waals surface area contributed by atoms with E-state index in [9.17, 15) is 0 Å². The fraction of sp³-hybridized carbons (Fsp3) is 1.00. The van der Waals surface area contributed by atoms with Crippen LogP contribution in [0.5, 0.6) is 0 Å². The van der Waals surface area contributed by atoms with Crippen molar-refractivity contribution >= 4 is 0 Å². The van der Waals surface area contributed by atoms with Gasteiger partial charge in [-0.2, -0.15) is 0 Å². The Kier molecular flexibility index (Phi) is 3.13. The quantitative estimate of drug-likeness (QED) is 0.652. The fourth-order valence-corrected chi connectivity index (χ4v) is 1.98. The summed E-state index contributed by atoms with van der Waals surface area (Å²) in [5.74, 6) is 1.72. The number of hydrogen-bond acceptors (Lipinski definition) is 2. The summed E-state index contributed by atoms with van der Waals surface area (Å²) in [5.41, 5.74) is 0. The molecule has 1 aliphatic heterocycles. The molecule has 0 bridgehead atoms. The van der Waals surface area contributed by atoms with Gasteiger partial charge in [0.1, 0.15) is 0 Å². The average molecular weight is 172 g/mol. The van der Waals surface area contributed by atoms with E-state index in [-0.39, 0.29) is 18.8 Å². The number of hydrogen-bond donors (Lipinski definition) is 1. The Hall–Kier alpha value is -0.0800. The van der Waals surface area contributed by atoms with Gasteiger partial charge in [-0.25, -0.2) is 0 Å². The monoisotopic (exact) mass is 172 g/mol. The van der Waals surface area contributed by atoms with E-state index in [1.165, 1.54) is 0 Å². The molecule has 1 N–H and O–H groups in total. The van der Waals surface area contributed by atoms with Crippen LogP contribution in [-0.2, 0) is 4.74 Å². The molecule has 0 aliphatic carbocycles. The van der Waals surface area contributed by atoms with Gasteiger partial charge >= 0.3 is 0 Å². The van der Waals surface area contributed by atoms with Crippen molar-refractivity contribution in [3.63, 3.8) is 0 Å². The Morgan fingerprint density at radius 1 is 1.00 bits per heavy atom. The Bertz CT molecular complexity index is 142. The highest BCUT2D eigenvalue weighted by atomic mass is 16.5.